The van der Waals surface area contributed by atoms with Crippen molar-refractivity contribution >= 4 is 34.1 Å². The predicted octanol–water partition coefficient (Wildman–Crippen LogP) is 4.15. The summed E-state index contributed by atoms with van der Waals surface area (Å²) in [6, 6.07) is 12.8. The average Bonchev–Trinajstić information content (AvgIpc) is 2.53. The maximum absolute atomic E-state index is 9.76. The van der Waals surface area contributed by atoms with Crippen LogP contribution in [0.15, 0.2) is 47.6 Å². The molecule has 3 rings (SSSR count). The van der Waals surface area contributed by atoms with Crippen LogP contribution in [0.3, 0.4) is 0 Å². The van der Waals surface area contributed by atoms with Gasteiger partial charge in [-0.2, -0.15) is 5.26 Å². The third-order valence-corrected chi connectivity index (χ3v) is 4.38. The number of benzene rings is 1. The van der Waals surface area contributed by atoms with Crippen LogP contribution in [-0.2, 0) is 5.75 Å². The number of halogens is 1. The minimum Gasteiger partial charge on any atom is -0.493 e. The van der Waals surface area contributed by atoms with Crippen LogP contribution in [0, 0.1) is 11.3 Å². The van der Waals surface area contributed by atoms with Gasteiger partial charge in [-0.1, -0.05) is 23.7 Å². The van der Waals surface area contributed by atoms with Crippen LogP contribution >= 0.6 is 23.4 Å². The second-order valence-corrected chi connectivity index (χ2v) is 5.96. The summed E-state index contributed by atoms with van der Waals surface area (Å²) in [6.45, 7) is 0. The summed E-state index contributed by atoms with van der Waals surface area (Å²) in [7, 11) is 0. The number of pyridine rings is 2. The summed E-state index contributed by atoms with van der Waals surface area (Å²) < 4.78 is 0. The van der Waals surface area contributed by atoms with Crippen molar-refractivity contribution in [3.63, 3.8) is 0 Å². The molecule has 0 saturated heterocycles. The maximum Gasteiger partial charge on any atom is 0.212 e. The second-order valence-electron chi connectivity index (χ2n) is 4.56. The van der Waals surface area contributed by atoms with E-state index < -0.39 is 0 Å². The number of fused-ring (bicyclic) bond motifs is 1. The zero-order valence-corrected chi connectivity index (χ0v) is 12.9. The van der Waals surface area contributed by atoms with Gasteiger partial charge in [0, 0.05) is 28.4 Å². The van der Waals surface area contributed by atoms with Gasteiger partial charge in [0.1, 0.15) is 16.8 Å². The van der Waals surface area contributed by atoms with Gasteiger partial charge in [0.05, 0.1) is 0 Å². The van der Waals surface area contributed by atoms with Gasteiger partial charge in [0.2, 0.25) is 5.88 Å². The van der Waals surface area contributed by atoms with Gasteiger partial charge in [0.15, 0.2) is 0 Å². The normalized spacial score (nSPS) is 10.5. The molecule has 1 aromatic carbocycles. The molecular weight excluding hydrogens is 318 g/mol. The molecule has 1 N–H and O–H groups in total. The highest BCUT2D eigenvalue weighted by Gasteiger charge is 2.09. The molecule has 22 heavy (non-hydrogen) atoms. The highest BCUT2D eigenvalue weighted by atomic mass is 35.5. The number of thioether (sulfide) groups is 1. The zero-order chi connectivity index (χ0) is 15.5. The molecule has 108 valence electrons. The number of rotatable bonds is 3. The summed E-state index contributed by atoms with van der Waals surface area (Å²) in [5.74, 6) is 0.499. The Hall–Kier alpha value is -2.29. The Morgan fingerprint density at radius 1 is 1.27 bits per heavy atom. The molecule has 0 saturated carbocycles. The lowest BCUT2D eigenvalue weighted by molar-refractivity contribution is 0.450. The summed E-state index contributed by atoms with van der Waals surface area (Å²) in [5.41, 5.74) is 1.23. The summed E-state index contributed by atoms with van der Waals surface area (Å²) >= 11 is 7.48. The lowest BCUT2D eigenvalue weighted by Crippen LogP contribution is -1.92. The summed E-state index contributed by atoms with van der Waals surface area (Å²) in [5, 5.41) is 21.9. The van der Waals surface area contributed by atoms with Crippen molar-refractivity contribution in [3.8, 4) is 11.9 Å². The minimum atomic E-state index is -0.0379. The lowest BCUT2D eigenvalue weighted by atomic mass is 10.2. The van der Waals surface area contributed by atoms with Crippen molar-refractivity contribution in [2.45, 2.75) is 10.8 Å². The van der Waals surface area contributed by atoms with Crippen molar-refractivity contribution in [1.82, 2.24) is 9.97 Å². The first-order valence-corrected chi connectivity index (χ1v) is 7.80. The molecule has 0 fully saturated rings. The molecule has 0 aliphatic heterocycles. The Balaban J connectivity index is 1.97. The number of hydrogen-bond donors (Lipinski definition) is 1. The van der Waals surface area contributed by atoms with Crippen LogP contribution in [0.2, 0.25) is 5.02 Å². The Morgan fingerprint density at radius 3 is 2.95 bits per heavy atom. The Bertz CT molecular complexity index is 892. The van der Waals surface area contributed by atoms with E-state index in [1.54, 1.807) is 24.4 Å². The van der Waals surface area contributed by atoms with E-state index in [-0.39, 0.29) is 5.88 Å². The van der Waals surface area contributed by atoms with Crippen LogP contribution in [0.1, 0.15) is 11.3 Å². The van der Waals surface area contributed by atoms with Gasteiger partial charge >= 0.3 is 0 Å². The van der Waals surface area contributed by atoms with Gasteiger partial charge in [-0.05, 0) is 29.1 Å². The van der Waals surface area contributed by atoms with E-state index in [0.29, 0.717) is 21.5 Å². The molecule has 0 spiro atoms. The van der Waals surface area contributed by atoms with Crippen molar-refractivity contribution in [3.05, 3.63) is 58.9 Å². The molecule has 0 aliphatic carbocycles. The molecular formula is C16H10ClN3OS. The van der Waals surface area contributed by atoms with Crippen molar-refractivity contribution < 1.29 is 5.11 Å². The van der Waals surface area contributed by atoms with E-state index >= 15 is 0 Å². The van der Waals surface area contributed by atoms with Gasteiger partial charge in [0.25, 0.3) is 0 Å². The number of nitriles is 1. The van der Waals surface area contributed by atoms with Gasteiger partial charge in [-0.15, -0.1) is 11.8 Å². The molecule has 0 aliphatic rings. The van der Waals surface area contributed by atoms with Crippen LogP contribution in [0.25, 0.3) is 10.8 Å². The van der Waals surface area contributed by atoms with E-state index in [0.717, 1.165) is 16.3 Å². The molecule has 0 unspecified atom stereocenters. The Labute approximate surface area is 136 Å². The first-order chi connectivity index (χ1) is 10.7. The van der Waals surface area contributed by atoms with Gasteiger partial charge < -0.3 is 5.11 Å². The van der Waals surface area contributed by atoms with Crippen molar-refractivity contribution in [2.24, 2.45) is 0 Å². The fraction of sp³-hybridized carbons (Fsp3) is 0.0625. The fourth-order valence-corrected chi connectivity index (χ4v) is 3.27. The summed E-state index contributed by atoms with van der Waals surface area (Å²) in [4.78, 5) is 8.21. The van der Waals surface area contributed by atoms with Crippen LogP contribution < -0.4 is 0 Å². The number of nitrogens with zero attached hydrogens (tertiary/aromatic N) is 3. The molecule has 3 aromatic rings. The van der Waals surface area contributed by atoms with E-state index in [1.165, 1.54) is 11.8 Å². The van der Waals surface area contributed by atoms with Crippen molar-refractivity contribution in [1.29, 1.82) is 5.26 Å². The lowest BCUT2D eigenvalue weighted by Gasteiger charge is -2.07. The topological polar surface area (TPSA) is 69.8 Å². The molecule has 4 nitrogen and oxygen atoms in total. The summed E-state index contributed by atoms with van der Waals surface area (Å²) in [6.07, 6.45) is 1.59. The quantitative estimate of drug-likeness (QED) is 0.732. The second kappa shape index (κ2) is 6.22. The first kappa shape index (κ1) is 14.6. The third-order valence-electron chi connectivity index (χ3n) is 3.11. The molecule has 0 radical (unpaired) electrons. The van der Waals surface area contributed by atoms with Crippen LogP contribution in [0.4, 0.5) is 0 Å². The highest BCUT2D eigenvalue weighted by molar-refractivity contribution is 7.98. The molecule has 2 aromatic heterocycles. The monoisotopic (exact) mass is 327 g/mol. The van der Waals surface area contributed by atoms with E-state index in [2.05, 4.69) is 16.0 Å². The van der Waals surface area contributed by atoms with Crippen LogP contribution in [-0.4, -0.2) is 15.1 Å². The third kappa shape index (κ3) is 2.98. The smallest absolute Gasteiger partial charge is 0.212 e. The van der Waals surface area contributed by atoms with E-state index in [4.69, 9.17) is 16.9 Å². The van der Waals surface area contributed by atoms with Crippen LogP contribution in [0.5, 0.6) is 5.88 Å². The predicted molar refractivity (Wildman–Crippen MR) is 86.9 cm³/mol. The Morgan fingerprint density at radius 2 is 2.14 bits per heavy atom. The molecule has 2 heterocycles. The zero-order valence-electron chi connectivity index (χ0n) is 11.3. The SMILES string of the molecule is N#Cc1ncccc1CSc1nc(O)cc2ccc(Cl)cc12. The molecule has 0 amide bonds. The molecule has 0 bridgehead atoms. The maximum atomic E-state index is 9.76. The van der Waals surface area contributed by atoms with Gasteiger partial charge in [-0.3, -0.25) is 0 Å². The van der Waals surface area contributed by atoms with Gasteiger partial charge in [-0.25, -0.2) is 9.97 Å². The van der Waals surface area contributed by atoms with E-state index in [9.17, 15) is 5.11 Å². The average molecular weight is 328 g/mol. The number of aromatic hydroxyl groups is 1. The number of aromatic nitrogens is 2. The standard InChI is InChI=1S/C16H10ClN3OS/c17-12-4-3-10-6-15(21)20-16(13(10)7-12)22-9-11-2-1-5-19-14(11)8-18/h1-7H,9H2,(H,20,21). The fourth-order valence-electron chi connectivity index (χ4n) is 2.09. The van der Waals surface area contributed by atoms with E-state index in [1.807, 2.05) is 18.2 Å². The Kier molecular flexibility index (Phi) is 4.14. The highest BCUT2D eigenvalue weighted by Crippen LogP contribution is 2.32. The molecule has 6 heteroatoms. The molecule has 0 atom stereocenters. The largest absolute Gasteiger partial charge is 0.493 e. The number of hydrogen-bond acceptors (Lipinski definition) is 5. The first-order valence-electron chi connectivity index (χ1n) is 6.43. The van der Waals surface area contributed by atoms with Crippen molar-refractivity contribution in [2.75, 3.05) is 0 Å². The minimum absolute atomic E-state index is 0.0379.